The fraction of sp³-hybridized carbons (Fsp3) is 0.444. The lowest BCUT2D eigenvalue weighted by atomic mass is 10.2. The van der Waals surface area contributed by atoms with Crippen LogP contribution in [0.1, 0.15) is 13.8 Å². The molecule has 1 aliphatic heterocycles. The third-order valence-electron chi connectivity index (χ3n) is 1.33. The molecule has 0 saturated carbocycles. The SMILES string of the molecule is CC(C)C=CC1=CC(=O)SCO1. The fourth-order valence-corrected chi connectivity index (χ4v) is 1.25. The van der Waals surface area contributed by atoms with E-state index in [0.717, 1.165) is 0 Å². The number of hydrogen-bond donors (Lipinski definition) is 0. The minimum Gasteiger partial charge on any atom is -0.482 e. The summed E-state index contributed by atoms with van der Waals surface area (Å²) in [5, 5.41) is 0.0738. The molecule has 0 radical (unpaired) electrons. The largest absolute Gasteiger partial charge is 0.482 e. The van der Waals surface area contributed by atoms with Crippen molar-refractivity contribution in [2.75, 3.05) is 5.94 Å². The Morgan fingerprint density at radius 1 is 1.67 bits per heavy atom. The maximum atomic E-state index is 10.9. The maximum Gasteiger partial charge on any atom is 0.219 e. The van der Waals surface area contributed by atoms with Crippen molar-refractivity contribution in [3.8, 4) is 0 Å². The Balaban J connectivity index is 2.57. The summed E-state index contributed by atoms with van der Waals surface area (Å²) in [6.45, 7) is 4.16. The lowest BCUT2D eigenvalue weighted by Crippen LogP contribution is -2.02. The van der Waals surface area contributed by atoms with Gasteiger partial charge >= 0.3 is 0 Å². The summed E-state index contributed by atoms with van der Waals surface area (Å²) in [4.78, 5) is 10.9. The Hall–Kier alpha value is -0.700. The van der Waals surface area contributed by atoms with Gasteiger partial charge in [-0.2, -0.15) is 0 Å². The van der Waals surface area contributed by atoms with Crippen LogP contribution < -0.4 is 0 Å². The molecule has 0 amide bonds. The molecule has 2 nitrogen and oxygen atoms in total. The molecule has 0 aliphatic carbocycles. The van der Waals surface area contributed by atoms with Crippen LogP contribution in [0.15, 0.2) is 24.0 Å². The smallest absolute Gasteiger partial charge is 0.219 e. The topological polar surface area (TPSA) is 26.3 Å². The van der Waals surface area contributed by atoms with Crippen LogP contribution in [0.3, 0.4) is 0 Å². The summed E-state index contributed by atoms with van der Waals surface area (Å²) < 4.78 is 5.22. The van der Waals surface area contributed by atoms with Gasteiger partial charge in [-0.1, -0.05) is 19.9 Å². The number of allylic oxidation sites excluding steroid dienone is 2. The Morgan fingerprint density at radius 2 is 2.42 bits per heavy atom. The summed E-state index contributed by atoms with van der Waals surface area (Å²) in [6.07, 6.45) is 5.38. The quantitative estimate of drug-likeness (QED) is 0.659. The fourth-order valence-electron chi connectivity index (χ4n) is 0.739. The zero-order valence-corrected chi connectivity index (χ0v) is 8.06. The van der Waals surface area contributed by atoms with E-state index >= 15 is 0 Å². The zero-order chi connectivity index (χ0) is 8.97. The lowest BCUT2D eigenvalue weighted by Gasteiger charge is -2.10. The zero-order valence-electron chi connectivity index (χ0n) is 7.24. The predicted molar refractivity (Wildman–Crippen MR) is 50.6 cm³/mol. The molecule has 0 saturated heterocycles. The van der Waals surface area contributed by atoms with Crippen molar-refractivity contribution in [1.82, 2.24) is 0 Å². The molecule has 1 rings (SSSR count). The summed E-state index contributed by atoms with van der Waals surface area (Å²) >= 11 is 1.18. The summed E-state index contributed by atoms with van der Waals surface area (Å²) in [6, 6.07) is 0. The molecule has 0 aromatic rings. The molecule has 1 heterocycles. The lowest BCUT2D eigenvalue weighted by molar-refractivity contribution is -0.107. The Labute approximate surface area is 76.7 Å². The summed E-state index contributed by atoms with van der Waals surface area (Å²) in [5.74, 6) is 1.60. The van der Waals surface area contributed by atoms with E-state index in [-0.39, 0.29) is 5.12 Å². The second kappa shape index (κ2) is 4.36. The molecule has 0 aromatic heterocycles. The average Bonchev–Trinajstić information content (AvgIpc) is 2.01. The van der Waals surface area contributed by atoms with E-state index in [1.165, 1.54) is 17.8 Å². The van der Waals surface area contributed by atoms with E-state index in [4.69, 9.17) is 4.74 Å². The second-order valence-electron chi connectivity index (χ2n) is 2.88. The van der Waals surface area contributed by atoms with Crippen molar-refractivity contribution in [3.63, 3.8) is 0 Å². The van der Waals surface area contributed by atoms with E-state index in [1.807, 2.05) is 12.2 Å². The van der Waals surface area contributed by atoms with Gasteiger partial charge in [-0.25, -0.2) is 0 Å². The molecule has 0 bridgehead atoms. The normalized spacial score (nSPS) is 18.2. The van der Waals surface area contributed by atoms with E-state index in [2.05, 4.69) is 13.8 Å². The van der Waals surface area contributed by atoms with Crippen molar-refractivity contribution >= 4 is 16.9 Å². The molecule has 1 aliphatic rings. The minimum atomic E-state index is 0.0738. The minimum absolute atomic E-state index is 0.0738. The number of carbonyl (C=O) groups is 1. The molecular weight excluding hydrogens is 172 g/mol. The molecule has 0 unspecified atom stereocenters. The van der Waals surface area contributed by atoms with Gasteiger partial charge in [-0.05, 0) is 23.8 Å². The highest BCUT2D eigenvalue weighted by Crippen LogP contribution is 2.16. The van der Waals surface area contributed by atoms with Crippen molar-refractivity contribution < 1.29 is 9.53 Å². The monoisotopic (exact) mass is 184 g/mol. The first kappa shape index (κ1) is 9.39. The average molecular weight is 184 g/mol. The predicted octanol–water partition coefficient (Wildman–Crippen LogP) is 2.33. The maximum absolute atomic E-state index is 10.9. The number of hydrogen-bond acceptors (Lipinski definition) is 3. The Kier molecular flexibility index (Phi) is 3.41. The van der Waals surface area contributed by atoms with Crippen LogP contribution in [0.2, 0.25) is 0 Å². The first-order valence-electron chi connectivity index (χ1n) is 3.88. The van der Waals surface area contributed by atoms with Crippen molar-refractivity contribution in [1.29, 1.82) is 0 Å². The van der Waals surface area contributed by atoms with Crippen LogP contribution in [-0.4, -0.2) is 11.1 Å². The van der Waals surface area contributed by atoms with Crippen LogP contribution in [0, 0.1) is 5.92 Å². The standard InChI is InChI=1S/C9H12O2S/c1-7(2)3-4-8-5-9(10)12-6-11-8/h3-5,7H,6H2,1-2H3. The number of rotatable bonds is 2. The molecular formula is C9H12O2S. The Bertz CT molecular complexity index is 229. The molecule has 12 heavy (non-hydrogen) atoms. The Morgan fingerprint density at radius 3 is 3.00 bits per heavy atom. The summed E-state index contributed by atoms with van der Waals surface area (Å²) in [7, 11) is 0. The van der Waals surface area contributed by atoms with E-state index < -0.39 is 0 Å². The van der Waals surface area contributed by atoms with Gasteiger partial charge in [-0.15, -0.1) is 0 Å². The molecule has 0 spiro atoms. The van der Waals surface area contributed by atoms with Gasteiger partial charge in [0.1, 0.15) is 11.7 Å². The van der Waals surface area contributed by atoms with Gasteiger partial charge in [-0.3, -0.25) is 4.79 Å². The highest BCUT2D eigenvalue weighted by Gasteiger charge is 2.08. The van der Waals surface area contributed by atoms with E-state index in [0.29, 0.717) is 17.6 Å². The molecule has 3 heteroatoms. The summed E-state index contributed by atoms with van der Waals surface area (Å²) in [5.41, 5.74) is 0. The van der Waals surface area contributed by atoms with E-state index in [9.17, 15) is 4.79 Å². The first-order valence-corrected chi connectivity index (χ1v) is 4.86. The van der Waals surface area contributed by atoms with E-state index in [1.54, 1.807) is 0 Å². The third-order valence-corrected chi connectivity index (χ3v) is 1.97. The highest BCUT2D eigenvalue weighted by molar-refractivity contribution is 8.13. The van der Waals surface area contributed by atoms with Gasteiger partial charge in [0.15, 0.2) is 0 Å². The third kappa shape index (κ3) is 3.13. The van der Waals surface area contributed by atoms with Gasteiger partial charge in [0.25, 0.3) is 0 Å². The highest BCUT2D eigenvalue weighted by atomic mass is 32.2. The molecule has 66 valence electrons. The molecule has 0 atom stereocenters. The van der Waals surface area contributed by atoms with Crippen molar-refractivity contribution in [2.45, 2.75) is 13.8 Å². The van der Waals surface area contributed by atoms with Gasteiger partial charge in [0.05, 0.1) is 0 Å². The van der Waals surface area contributed by atoms with Crippen LogP contribution >= 0.6 is 11.8 Å². The van der Waals surface area contributed by atoms with Crippen molar-refractivity contribution in [2.24, 2.45) is 5.92 Å². The van der Waals surface area contributed by atoms with Gasteiger partial charge < -0.3 is 4.74 Å². The van der Waals surface area contributed by atoms with Crippen LogP contribution in [-0.2, 0) is 9.53 Å². The van der Waals surface area contributed by atoms with Crippen LogP contribution in [0.25, 0.3) is 0 Å². The molecule has 0 aromatic carbocycles. The van der Waals surface area contributed by atoms with Gasteiger partial charge in [0.2, 0.25) is 5.12 Å². The van der Waals surface area contributed by atoms with Gasteiger partial charge in [0, 0.05) is 6.08 Å². The van der Waals surface area contributed by atoms with Crippen LogP contribution in [0.5, 0.6) is 0 Å². The number of thioether (sulfide) groups is 1. The number of carbonyl (C=O) groups excluding carboxylic acids is 1. The van der Waals surface area contributed by atoms with Crippen molar-refractivity contribution in [3.05, 3.63) is 24.0 Å². The second-order valence-corrected chi connectivity index (χ2v) is 3.80. The number of ether oxygens (including phenoxy) is 1. The van der Waals surface area contributed by atoms with Crippen LogP contribution in [0.4, 0.5) is 0 Å². The first-order chi connectivity index (χ1) is 5.68. The molecule has 0 N–H and O–H groups in total. The molecule has 0 fully saturated rings.